The molecule has 11 heteroatoms. The molecule has 0 aliphatic carbocycles. The second kappa shape index (κ2) is 10.9. The zero-order valence-electron chi connectivity index (χ0n) is 22.5. The largest absolute Gasteiger partial charge is 0.478 e. The van der Waals surface area contributed by atoms with Crippen LogP contribution in [0, 0.1) is 5.41 Å². The Morgan fingerprint density at radius 3 is 1.89 bits per heavy atom. The van der Waals surface area contributed by atoms with E-state index in [0.29, 0.717) is 16.8 Å². The molecule has 0 bridgehead atoms. The van der Waals surface area contributed by atoms with E-state index in [1.165, 1.54) is 24.1 Å². The molecule has 11 nitrogen and oxygen atoms in total. The summed E-state index contributed by atoms with van der Waals surface area (Å²) in [7, 11) is 1.53. The number of benzene rings is 2. The fourth-order valence-corrected chi connectivity index (χ4v) is 3.28. The third-order valence-corrected chi connectivity index (χ3v) is 5.36. The Bertz CT molecular complexity index is 1290. The second-order valence-electron chi connectivity index (χ2n) is 10.8. The van der Waals surface area contributed by atoms with Crippen molar-refractivity contribution in [1.29, 1.82) is 0 Å². The zero-order chi connectivity index (χ0) is 28.3. The topological polar surface area (TPSA) is 148 Å². The number of carbonyl (C=O) groups excluding carboxylic acids is 2. The summed E-state index contributed by atoms with van der Waals surface area (Å²) in [5.41, 5.74) is 0.662. The Hall–Kier alpha value is -4.41. The van der Waals surface area contributed by atoms with Gasteiger partial charge in [-0.2, -0.15) is 0 Å². The van der Waals surface area contributed by atoms with Gasteiger partial charge < -0.3 is 15.2 Å². The van der Waals surface area contributed by atoms with Gasteiger partial charge in [0, 0.05) is 23.7 Å². The molecule has 0 spiro atoms. The molecule has 3 rings (SSSR count). The number of hydrogen-bond acceptors (Lipinski definition) is 8. The molecule has 38 heavy (non-hydrogen) atoms. The average Bonchev–Trinajstić information content (AvgIpc) is 2.84. The molecule has 0 aliphatic heterocycles. The number of aromatic nitrogens is 4. The number of anilines is 1. The van der Waals surface area contributed by atoms with Crippen molar-refractivity contribution < 1.29 is 24.2 Å². The molecule has 2 N–H and O–H groups in total. The van der Waals surface area contributed by atoms with Gasteiger partial charge in [0.1, 0.15) is 11.6 Å². The van der Waals surface area contributed by atoms with Crippen LogP contribution in [0.4, 0.5) is 10.5 Å². The molecule has 0 aliphatic rings. The van der Waals surface area contributed by atoms with Gasteiger partial charge in [0.05, 0.1) is 5.56 Å². The van der Waals surface area contributed by atoms with E-state index in [9.17, 15) is 19.5 Å². The average molecular weight is 521 g/mol. The van der Waals surface area contributed by atoms with Gasteiger partial charge in [-0.3, -0.25) is 9.69 Å². The summed E-state index contributed by atoms with van der Waals surface area (Å²) in [6.45, 7) is 10.8. The zero-order valence-corrected chi connectivity index (χ0v) is 22.5. The van der Waals surface area contributed by atoms with Crippen molar-refractivity contribution in [3.8, 4) is 11.4 Å². The van der Waals surface area contributed by atoms with E-state index in [0.717, 1.165) is 0 Å². The Balaban J connectivity index is 1.90. The lowest BCUT2D eigenvalue weighted by atomic mass is 9.95. The van der Waals surface area contributed by atoms with Crippen LogP contribution in [-0.2, 0) is 9.53 Å². The van der Waals surface area contributed by atoms with Crippen molar-refractivity contribution in [2.24, 2.45) is 5.41 Å². The second-order valence-corrected chi connectivity index (χ2v) is 10.8. The van der Waals surface area contributed by atoms with Gasteiger partial charge in [-0.15, -0.1) is 20.4 Å². The van der Waals surface area contributed by atoms with E-state index in [4.69, 9.17) is 4.74 Å². The predicted octanol–water partition coefficient (Wildman–Crippen LogP) is 4.57. The monoisotopic (exact) mass is 520 g/mol. The molecule has 1 atom stereocenters. The molecule has 200 valence electrons. The van der Waals surface area contributed by atoms with E-state index in [-0.39, 0.29) is 23.1 Å². The van der Waals surface area contributed by atoms with Crippen molar-refractivity contribution in [2.75, 3.05) is 12.4 Å². The number of amides is 2. The first-order valence-corrected chi connectivity index (χ1v) is 11.9. The van der Waals surface area contributed by atoms with Crippen LogP contribution >= 0.6 is 0 Å². The third kappa shape index (κ3) is 7.09. The van der Waals surface area contributed by atoms with E-state index in [2.05, 4.69) is 25.7 Å². The molecule has 0 saturated heterocycles. The first-order valence-electron chi connectivity index (χ1n) is 11.9. The summed E-state index contributed by atoms with van der Waals surface area (Å²) >= 11 is 0. The highest BCUT2D eigenvalue weighted by Crippen LogP contribution is 2.27. The van der Waals surface area contributed by atoms with Gasteiger partial charge in [0.25, 0.3) is 0 Å². The Labute approximate surface area is 221 Å². The minimum Gasteiger partial charge on any atom is -0.478 e. The maximum Gasteiger partial charge on any atom is 0.410 e. The highest BCUT2D eigenvalue weighted by molar-refractivity contribution is 5.94. The van der Waals surface area contributed by atoms with Crippen LogP contribution in [0.15, 0.2) is 48.5 Å². The van der Waals surface area contributed by atoms with Crippen LogP contribution < -0.4 is 5.32 Å². The molecule has 2 aromatic carbocycles. The number of rotatable bonds is 6. The number of carbonyl (C=O) groups is 3. The van der Waals surface area contributed by atoms with Crippen molar-refractivity contribution in [1.82, 2.24) is 25.3 Å². The summed E-state index contributed by atoms with van der Waals surface area (Å²) in [6.07, 6.45) is -0.620. The van der Waals surface area contributed by atoms with Crippen molar-refractivity contribution in [3.63, 3.8) is 0 Å². The van der Waals surface area contributed by atoms with E-state index < -0.39 is 29.1 Å². The molecule has 1 heterocycles. The van der Waals surface area contributed by atoms with Gasteiger partial charge in [0.2, 0.25) is 17.6 Å². The number of aromatic carboxylic acids is 1. The number of nitrogens with one attached hydrogen (secondary N) is 1. The van der Waals surface area contributed by atoms with Crippen LogP contribution in [0.1, 0.15) is 69.3 Å². The van der Waals surface area contributed by atoms with Crippen LogP contribution in [0.25, 0.3) is 11.4 Å². The molecule has 0 fully saturated rings. The summed E-state index contributed by atoms with van der Waals surface area (Å²) in [5.74, 6) is -0.797. The number of carboxylic acid groups (broad SMARTS) is 1. The standard InChI is InChI=1S/C27H32N6O5/c1-26(2,3)24(36)28-19-14-12-17(13-15-19)21-29-31-22(32-30-21)20(33(7)25(37)38-27(4,5)6)16-8-10-18(11-9-16)23(34)35/h8-15,20H,1-7H3,(H,28,36)(H,34,35). The lowest BCUT2D eigenvalue weighted by Crippen LogP contribution is -2.38. The number of carboxylic acids is 1. The van der Waals surface area contributed by atoms with Gasteiger partial charge in [-0.05, 0) is 62.7 Å². The predicted molar refractivity (Wildman–Crippen MR) is 140 cm³/mol. The van der Waals surface area contributed by atoms with Crippen molar-refractivity contribution in [3.05, 3.63) is 65.5 Å². The first-order chi connectivity index (χ1) is 17.7. The Morgan fingerprint density at radius 2 is 1.42 bits per heavy atom. The summed E-state index contributed by atoms with van der Waals surface area (Å²) in [6, 6.07) is 12.1. The molecule has 1 unspecified atom stereocenters. The lowest BCUT2D eigenvalue weighted by Gasteiger charge is -2.29. The summed E-state index contributed by atoms with van der Waals surface area (Å²) in [4.78, 5) is 37.7. The molecule has 1 aromatic heterocycles. The van der Waals surface area contributed by atoms with E-state index in [1.807, 2.05) is 20.8 Å². The van der Waals surface area contributed by atoms with Crippen LogP contribution in [0.5, 0.6) is 0 Å². The Morgan fingerprint density at radius 1 is 0.868 bits per heavy atom. The van der Waals surface area contributed by atoms with E-state index in [1.54, 1.807) is 57.2 Å². The third-order valence-electron chi connectivity index (χ3n) is 5.36. The normalized spacial score (nSPS) is 12.4. The molecular weight excluding hydrogens is 488 g/mol. The van der Waals surface area contributed by atoms with Gasteiger partial charge in [0.15, 0.2) is 0 Å². The maximum atomic E-state index is 12.9. The van der Waals surface area contributed by atoms with Crippen LogP contribution in [0.3, 0.4) is 0 Å². The van der Waals surface area contributed by atoms with Crippen LogP contribution in [0.2, 0.25) is 0 Å². The fraction of sp³-hybridized carbons (Fsp3) is 0.370. The van der Waals surface area contributed by atoms with Crippen LogP contribution in [-0.4, -0.2) is 61.0 Å². The lowest BCUT2D eigenvalue weighted by molar-refractivity contribution is -0.123. The van der Waals surface area contributed by atoms with Crippen molar-refractivity contribution in [2.45, 2.75) is 53.2 Å². The molecule has 2 amide bonds. The summed E-state index contributed by atoms with van der Waals surface area (Å²) < 4.78 is 5.50. The van der Waals surface area contributed by atoms with Gasteiger partial charge in [-0.1, -0.05) is 32.9 Å². The summed E-state index contributed by atoms with van der Waals surface area (Å²) in [5, 5.41) is 29.0. The molecule has 3 aromatic rings. The molecular formula is C27H32N6O5. The number of hydrogen-bond donors (Lipinski definition) is 2. The SMILES string of the molecule is CN(C(=O)OC(C)(C)C)C(c1ccc(C(=O)O)cc1)c1nnc(-c2ccc(NC(=O)C(C)(C)C)cc2)nn1. The smallest absolute Gasteiger partial charge is 0.410 e. The first kappa shape index (κ1) is 28.2. The minimum absolute atomic E-state index is 0.0991. The van der Waals surface area contributed by atoms with Crippen molar-refractivity contribution >= 4 is 23.7 Å². The number of ether oxygens (including phenoxy) is 1. The minimum atomic E-state index is -1.07. The van der Waals surface area contributed by atoms with E-state index >= 15 is 0 Å². The van der Waals surface area contributed by atoms with Gasteiger partial charge in [-0.25, -0.2) is 9.59 Å². The fourth-order valence-electron chi connectivity index (χ4n) is 3.28. The quantitative estimate of drug-likeness (QED) is 0.477. The number of nitrogens with zero attached hydrogens (tertiary/aromatic N) is 5. The maximum absolute atomic E-state index is 12.9. The Kier molecular flexibility index (Phi) is 8.09. The highest BCUT2D eigenvalue weighted by atomic mass is 16.6. The highest BCUT2D eigenvalue weighted by Gasteiger charge is 2.31. The molecule has 0 radical (unpaired) electrons. The molecule has 0 saturated carbocycles. The van der Waals surface area contributed by atoms with Gasteiger partial charge >= 0.3 is 12.1 Å².